The SMILES string of the molecule is Cc1ccccc1C(=O)NCC(=O)Nc1ncc(Cc2ccc(Cl)cc2)s1. The van der Waals surface area contributed by atoms with Gasteiger partial charge in [0, 0.05) is 28.1 Å². The number of carbonyl (C=O) groups is 2. The van der Waals surface area contributed by atoms with Crippen molar-refractivity contribution in [1.82, 2.24) is 10.3 Å². The van der Waals surface area contributed by atoms with Gasteiger partial charge in [-0.05, 0) is 36.2 Å². The molecular formula is C20H18ClN3O2S. The molecule has 0 atom stereocenters. The molecule has 2 aromatic carbocycles. The quantitative estimate of drug-likeness (QED) is 0.656. The summed E-state index contributed by atoms with van der Waals surface area (Å²) >= 11 is 7.29. The lowest BCUT2D eigenvalue weighted by Crippen LogP contribution is -2.33. The largest absolute Gasteiger partial charge is 0.343 e. The summed E-state index contributed by atoms with van der Waals surface area (Å²) in [6.45, 7) is 1.74. The Morgan fingerprint density at radius 2 is 1.85 bits per heavy atom. The topological polar surface area (TPSA) is 71.1 Å². The highest BCUT2D eigenvalue weighted by Gasteiger charge is 2.11. The van der Waals surface area contributed by atoms with Crippen molar-refractivity contribution < 1.29 is 9.59 Å². The molecule has 138 valence electrons. The summed E-state index contributed by atoms with van der Waals surface area (Å²) in [6, 6.07) is 14.8. The minimum atomic E-state index is -0.315. The van der Waals surface area contributed by atoms with Crippen LogP contribution in [0.4, 0.5) is 5.13 Å². The third-order valence-electron chi connectivity index (χ3n) is 3.89. The Morgan fingerprint density at radius 3 is 2.59 bits per heavy atom. The summed E-state index contributed by atoms with van der Waals surface area (Å²) in [4.78, 5) is 29.4. The molecule has 0 aliphatic carbocycles. The van der Waals surface area contributed by atoms with E-state index in [1.54, 1.807) is 18.3 Å². The van der Waals surface area contributed by atoms with Gasteiger partial charge in [0.05, 0.1) is 6.54 Å². The van der Waals surface area contributed by atoms with Crippen LogP contribution in [0.1, 0.15) is 26.4 Å². The van der Waals surface area contributed by atoms with Crippen LogP contribution in [0.5, 0.6) is 0 Å². The minimum absolute atomic E-state index is 0.112. The van der Waals surface area contributed by atoms with Gasteiger partial charge in [-0.15, -0.1) is 11.3 Å². The molecule has 0 aliphatic heterocycles. The van der Waals surface area contributed by atoms with Crippen LogP contribution in [0, 0.1) is 6.92 Å². The van der Waals surface area contributed by atoms with Gasteiger partial charge in [0.25, 0.3) is 5.91 Å². The molecule has 3 aromatic rings. The van der Waals surface area contributed by atoms with Crippen LogP contribution in [0.2, 0.25) is 5.02 Å². The molecule has 0 fully saturated rings. The molecule has 1 heterocycles. The van der Waals surface area contributed by atoms with E-state index in [0.29, 0.717) is 22.1 Å². The molecule has 0 spiro atoms. The Hall–Kier alpha value is -2.70. The average Bonchev–Trinajstić information content (AvgIpc) is 3.09. The van der Waals surface area contributed by atoms with Crippen LogP contribution >= 0.6 is 22.9 Å². The van der Waals surface area contributed by atoms with Crippen LogP contribution in [-0.4, -0.2) is 23.3 Å². The summed E-state index contributed by atoms with van der Waals surface area (Å²) in [5, 5.41) is 6.54. The van der Waals surface area contributed by atoms with Crippen LogP contribution in [0.3, 0.4) is 0 Å². The number of amides is 2. The van der Waals surface area contributed by atoms with Gasteiger partial charge in [-0.3, -0.25) is 9.59 Å². The van der Waals surface area contributed by atoms with E-state index in [9.17, 15) is 9.59 Å². The molecule has 2 amide bonds. The zero-order chi connectivity index (χ0) is 19.2. The van der Waals surface area contributed by atoms with Gasteiger partial charge in [-0.25, -0.2) is 4.98 Å². The van der Waals surface area contributed by atoms with Gasteiger partial charge in [0.15, 0.2) is 5.13 Å². The minimum Gasteiger partial charge on any atom is -0.343 e. The van der Waals surface area contributed by atoms with Gasteiger partial charge >= 0.3 is 0 Å². The second-order valence-corrected chi connectivity index (χ2v) is 7.53. The van der Waals surface area contributed by atoms with Gasteiger partial charge in [0.1, 0.15) is 0 Å². The molecule has 2 N–H and O–H groups in total. The molecule has 27 heavy (non-hydrogen) atoms. The molecule has 0 saturated heterocycles. The molecule has 0 saturated carbocycles. The second kappa shape index (κ2) is 8.79. The lowest BCUT2D eigenvalue weighted by Gasteiger charge is -2.07. The highest BCUT2D eigenvalue weighted by Crippen LogP contribution is 2.22. The molecule has 5 nitrogen and oxygen atoms in total. The Labute approximate surface area is 166 Å². The Balaban J connectivity index is 1.51. The molecule has 0 bridgehead atoms. The van der Waals surface area contributed by atoms with Crippen LogP contribution in [-0.2, 0) is 11.2 Å². The lowest BCUT2D eigenvalue weighted by molar-refractivity contribution is -0.115. The maximum absolute atomic E-state index is 12.1. The molecule has 1 aromatic heterocycles. The first-order valence-electron chi connectivity index (χ1n) is 8.34. The summed E-state index contributed by atoms with van der Waals surface area (Å²) in [5.74, 6) is -0.588. The molecule has 0 unspecified atom stereocenters. The van der Waals surface area contributed by atoms with Crippen molar-refractivity contribution in [2.24, 2.45) is 0 Å². The van der Waals surface area contributed by atoms with Crippen LogP contribution < -0.4 is 10.6 Å². The maximum atomic E-state index is 12.1. The van der Waals surface area contributed by atoms with Gasteiger partial charge < -0.3 is 10.6 Å². The Kier molecular flexibility index (Phi) is 6.21. The number of hydrogen-bond acceptors (Lipinski definition) is 4. The maximum Gasteiger partial charge on any atom is 0.251 e. The monoisotopic (exact) mass is 399 g/mol. The number of hydrogen-bond donors (Lipinski definition) is 2. The molecule has 0 aliphatic rings. The first-order valence-corrected chi connectivity index (χ1v) is 9.53. The Bertz CT molecular complexity index is 954. The normalized spacial score (nSPS) is 10.4. The predicted molar refractivity (Wildman–Crippen MR) is 109 cm³/mol. The number of anilines is 1. The fourth-order valence-corrected chi connectivity index (χ4v) is 3.49. The van der Waals surface area contributed by atoms with E-state index in [2.05, 4.69) is 15.6 Å². The van der Waals surface area contributed by atoms with Crippen LogP contribution in [0.25, 0.3) is 0 Å². The van der Waals surface area contributed by atoms with Crippen molar-refractivity contribution in [2.45, 2.75) is 13.3 Å². The highest BCUT2D eigenvalue weighted by molar-refractivity contribution is 7.15. The van der Waals surface area contributed by atoms with Crippen molar-refractivity contribution in [1.29, 1.82) is 0 Å². The van der Waals surface area contributed by atoms with Crippen molar-refractivity contribution >= 4 is 39.9 Å². The summed E-state index contributed by atoms with van der Waals surface area (Å²) in [5.41, 5.74) is 2.54. The number of nitrogens with one attached hydrogen (secondary N) is 2. The standard InChI is InChI=1S/C20H18ClN3O2S/c1-13-4-2-3-5-17(13)19(26)22-12-18(25)24-20-23-11-16(27-20)10-14-6-8-15(21)9-7-14/h2-9,11H,10,12H2,1H3,(H,22,26)(H,23,24,25). The number of benzene rings is 2. The van der Waals surface area contributed by atoms with Gasteiger partial charge in [-0.2, -0.15) is 0 Å². The summed E-state index contributed by atoms with van der Waals surface area (Å²) < 4.78 is 0. The number of thiazole rings is 1. The van der Waals surface area contributed by atoms with E-state index in [4.69, 9.17) is 11.6 Å². The molecule has 7 heteroatoms. The molecular weight excluding hydrogens is 382 g/mol. The Morgan fingerprint density at radius 1 is 1.11 bits per heavy atom. The van der Waals surface area contributed by atoms with Crippen molar-refractivity contribution in [3.63, 3.8) is 0 Å². The number of nitrogens with zero attached hydrogens (tertiary/aromatic N) is 1. The number of carbonyl (C=O) groups excluding carboxylic acids is 2. The lowest BCUT2D eigenvalue weighted by atomic mass is 10.1. The van der Waals surface area contributed by atoms with E-state index in [1.165, 1.54) is 11.3 Å². The predicted octanol–water partition coefficient (Wildman–Crippen LogP) is 4.06. The third kappa shape index (κ3) is 5.39. The van der Waals surface area contributed by atoms with Crippen LogP contribution in [0.15, 0.2) is 54.7 Å². The smallest absolute Gasteiger partial charge is 0.251 e. The van der Waals surface area contributed by atoms with Crippen molar-refractivity contribution in [3.8, 4) is 0 Å². The zero-order valence-corrected chi connectivity index (χ0v) is 16.2. The van der Waals surface area contributed by atoms with E-state index < -0.39 is 0 Å². The summed E-state index contributed by atoms with van der Waals surface area (Å²) in [6.07, 6.45) is 2.45. The molecule has 0 radical (unpaired) electrons. The van der Waals surface area contributed by atoms with Gasteiger partial charge in [0.2, 0.25) is 5.91 Å². The van der Waals surface area contributed by atoms with E-state index >= 15 is 0 Å². The van der Waals surface area contributed by atoms with Crippen molar-refractivity contribution in [2.75, 3.05) is 11.9 Å². The highest BCUT2D eigenvalue weighted by atomic mass is 35.5. The number of halogens is 1. The van der Waals surface area contributed by atoms with E-state index in [-0.39, 0.29) is 18.4 Å². The first kappa shape index (κ1) is 19.1. The molecule has 3 rings (SSSR count). The first-order chi connectivity index (χ1) is 13.0. The fraction of sp³-hybridized carbons (Fsp3) is 0.150. The average molecular weight is 400 g/mol. The number of rotatable bonds is 6. The third-order valence-corrected chi connectivity index (χ3v) is 5.06. The van der Waals surface area contributed by atoms with Gasteiger partial charge in [-0.1, -0.05) is 41.9 Å². The van der Waals surface area contributed by atoms with E-state index in [0.717, 1.165) is 16.0 Å². The second-order valence-electron chi connectivity index (χ2n) is 5.98. The fourth-order valence-electron chi connectivity index (χ4n) is 2.50. The van der Waals surface area contributed by atoms with E-state index in [1.807, 2.05) is 43.3 Å². The zero-order valence-electron chi connectivity index (χ0n) is 14.7. The summed E-state index contributed by atoms with van der Waals surface area (Å²) in [7, 11) is 0. The van der Waals surface area contributed by atoms with Crippen molar-refractivity contribution in [3.05, 3.63) is 81.3 Å². The number of aryl methyl sites for hydroxylation is 1. The number of aromatic nitrogens is 1.